The molecule has 1 fully saturated rings. The molecule has 1 atom stereocenters. The molecule has 0 bridgehead atoms. The van der Waals surface area contributed by atoms with E-state index < -0.39 is 0 Å². The zero-order valence-electron chi connectivity index (χ0n) is 17.2. The normalized spacial score (nSPS) is 16.6. The highest BCUT2D eigenvalue weighted by molar-refractivity contribution is 14.0. The molecule has 7 heteroatoms. The number of methoxy groups -OCH3 is 1. The van der Waals surface area contributed by atoms with E-state index in [9.17, 15) is 0 Å². The van der Waals surface area contributed by atoms with Gasteiger partial charge in [0.25, 0.3) is 0 Å². The SMILES string of the molecule is CN=C(NCCN1CCCCC1)NCC(c1cccc(OC)c1)N(C)C.I. The smallest absolute Gasteiger partial charge is 0.191 e. The van der Waals surface area contributed by atoms with Gasteiger partial charge in [-0.15, -0.1) is 24.0 Å². The number of likely N-dealkylation sites (N-methyl/N-ethyl adjacent to an activating group) is 1. The van der Waals surface area contributed by atoms with Crippen LogP contribution in [0.25, 0.3) is 0 Å². The Morgan fingerprint density at radius 2 is 1.96 bits per heavy atom. The fourth-order valence-corrected chi connectivity index (χ4v) is 3.38. The second-order valence-electron chi connectivity index (χ2n) is 7.04. The Labute approximate surface area is 181 Å². The maximum Gasteiger partial charge on any atom is 0.191 e. The van der Waals surface area contributed by atoms with Gasteiger partial charge in [0.15, 0.2) is 5.96 Å². The van der Waals surface area contributed by atoms with E-state index in [1.54, 1.807) is 7.11 Å². The summed E-state index contributed by atoms with van der Waals surface area (Å²) in [6.45, 7) is 5.24. The third kappa shape index (κ3) is 8.23. The number of hydrogen-bond donors (Lipinski definition) is 2. The quantitative estimate of drug-likeness (QED) is 0.334. The number of guanidine groups is 1. The van der Waals surface area contributed by atoms with E-state index in [0.717, 1.165) is 31.3 Å². The first-order valence-electron chi connectivity index (χ1n) is 9.61. The molecule has 1 unspecified atom stereocenters. The first-order chi connectivity index (χ1) is 12.6. The Hall–Kier alpha value is -1.06. The summed E-state index contributed by atoms with van der Waals surface area (Å²) in [5.74, 6) is 1.75. The van der Waals surface area contributed by atoms with Crippen LogP contribution in [0.4, 0.5) is 0 Å². The minimum absolute atomic E-state index is 0. The van der Waals surface area contributed by atoms with Gasteiger partial charge in [0.2, 0.25) is 0 Å². The van der Waals surface area contributed by atoms with Crippen molar-refractivity contribution in [1.82, 2.24) is 20.4 Å². The Morgan fingerprint density at radius 1 is 1.22 bits per heavy atom. The van der Waals surface area contributed by atoms with Crippen molar-refractivity contribution in [2.24, 2.45) is 4.99 Å². The molecule has 0 saturated carbocycles. The van der Waals surface area contributed by atoms with Crippen molar-refractivity contribution in [3.05, 3.63) is 29.8 Å². The zero-order valence-corrected chi connectivity index (χ0v) is 19.5. The highest BCUT2D eigenvalue weighted by Gasteiger charge is 2.15. The number of rotatable bonds is 8. The second-order valence-corrected chi connectivity index (χ2v) is 7.04. The van der Waals surface area contributed by atoms with Crippen LogP contribution in [0, 0.1) is 0 Å². The van der Waals surface area contributed by atoms with Crippen molar-refractivity contribution in [2.75, 3.05) is 61.0 Å². The van der Waals surface area contributed by atoms with E-state index in [1.807, 2.05) is 19.2 Å². The second kappa shape index (κ2) is 13.2. The van der Waals surface area contributed by atoms with E-state index in [-0.39, 0.29) is 30.0 Å². The summed E-state index contributed by atoms with van der Waals surface area (Å²) in [6, 6.07) is 8.49. The van der Waals surface area contributed by atoms with Gasteiger partial charge in [0, 0.05) is 26.7 Å². The molecule has 0 radical (unpaired) electrons. The summed E-state index contributed by atoms with van der Waals surface area (Å²) in [4.78, 5) is 9.10. The number of hydrogen-bond acceptors (Lipinski definition) is 4. The summed E-state index contributed by atoms with van der Waals surface area (Å²) in [6.07, 6.45) is 4.04. The lowest BCUT2D eigenvalue weighted by molar-refractivity contribution is 0.232. The van der Waals surface area contributed by atoms with E-state index in [0.29, 0.717) is 0 Å². The van der Waals surface area contributed by atoms with Crippen molar-refractivity contribution >= 4 is 29.9 Å². The van der Waals surface area contributed by atoms with Crippen LogP contribution in [0.5, 0.6) is 5.75 Å². The summed E-state index contributed by atoms with van der Waals surface area (Å²) < 4.78 is 5.36. The van der Waals surface area contributed by atoms with Crippen LogP contribution in [0.15, 0.2) is 29.3 Å². The lowest BCUT2D eigenvalue weighted by Crippen LogP contribution is -2.44. The molecule has 2 rings (SSSR count). The average molecular weight is 489 g/mol. The van der Waals surface area contributed by atoms with Gasteiger partial charge in [-0.25, -0.2) is 0 Å². The minimum atomic E-state index is 0. The standard InChI is InChI=1S/C20H35N5O.HI/c1-21-20(22-11-14-25-12-6-5-7-13-25)23-16-19(24(2)3)17-9-8-10-18(15-17)26-4;/h8-10,15,19H,5-7,11-14,16H2,1-4H3,(H2,21,22,23);1H. The minimum Gasteiger partial charge on any atom is -0.497 e. The number of nitrogens with zero attached hydrogens (tertiary/aromatic N) is 3. The highest BCUT2D eigenvalue weighted by atomic mass is 127. The molecule has 1 aliphatic rings. The molecule has 1 aromatic rings. The van der Waals surface area contributed by atoms with Crippen LogP contribution in [-0.4, -0.2) is 76.7 Å². The number of aliphatic imine (C=N–C) groups is 1. The van der Waals surface area contributed by atoms with Gasteiger partial charge in [-0.2, -0.15) is 0 Å². The zero-order chi connectivity index (χ0) is 18.8. The molecule has 1 heterocycles. The third-order valence-corrected chi connectivity index (χ3v) is 4.96. The largest absolute Gasteiger partial charge is 0.497 e. The van der Waals surface area contributed by atoms with Crippen molar-refractivity contribution in [3.8, 4) is 5.75 Å². The Balaban J connectivity index is 0.00000364. The van der Waals surface area contributed by atoms with E-state index in [2.05, 4.69) is 51.7 Å². The van der Waals surface area contributed by atoms with E-state index in [4.69, 9.17) is 4.74 Å². The molecule has 1 aromatic carbocycles. The van der Waals surface area contributed by atoms with Gasteiger partial charge < -0.3 is 25.2 Å². The summed E-state index contributed by atoms with van der Waals surface area (Å²) in [5, 5.41) is 6.90. The number of piperidine rings is 1. The van der Waals surface area contributed by atoms with Crippen molar-refractivity contribution in [1.29, 1.82) is 0 Å². The van der Waals surface area contributed by atoms with E-state index >= 15 is 0 Å². The third-order valence-electron chi connectivity index (χ3n) is 4.96. The molecular formula is C20H36IN5O. The van der Waals surface area contributed by atoms with Crippen LogP contribution >= 0.6 is 24.0 Å². The van der Waals surface area contributed by atoms with Crippen molar-refractivity contribution < 1.29 is 4.74 Å². The fraction of sp³-hybridized carbons (Fsp3) is 0.650. The number of halogens is 1. The van der Waals surface area contributed by atoms with Crippen molar-refractivity contribution in [2.45, 2.75) is 25.3 Å². The van der Waals surface area contributed by atoms with Crippen LogP contribution in [0.3, 0.4) is 0 Å². The van der Waals surface area contributed by atoms with Crippen LogP contribution < -0.4 is 15.4 Å². The van der Waals surface area contributed by atoms with Crippen LogP contribution in [0.1, 0.15) is 30.9 Å². The predicted molar refractivity (Wildman–Crippen MR) is 124 cm³/mol. The van der Waals surface area contributed by atoms with Crippen molar-refractivity contribution in [3.63, 3.8) is 0 Å². The van der Waals surface area contributed by atoms with E-state index in [1.165, 1.54) is 37.9 Å². The summed E-state index contributed by atoms with van der Waals surface area (Å²) >= 11 is 0. The summed E-state index contributed by atoms with van der Waals surface area (Å²) in [7, 11) is 7.72. The first kappa shape index (κ1) is 24.0. The van der Waals surface area contributed by atoms with Crippen LogP contribution in [-0.2, 0) is 0 Å². The maximum atomic E-state index is 5.36. The molecule has 0 aromatic heterocycles. The monoisotopic (exact) mass is 489 g/mol. The average Bonchev–Trinajstić information content (AvgIpc) is 2.67. The predicted octanol–water partition coefficient (Wildman–Crippen LogP) is 2.57. The Kier molecular flexibility index (Phi) is 11.7. The molecule has 154 valence electrons. The molecule has 0 aliphatic carbocycles. The maximum absolute atomic E-state index is 5.36. The molecule has 2 N–H and O–H groups in total. The van der Waals surface area contributed by atoms with Gasteiger partial charge in [-0.3, -0.25) is 4.99 Å². The molecule has 6 nitrogen and oxygen atoms in total. The fourth-order valence-electron chi connectivity index (χ4n) is 3.38. The van der Waals surface area contributed by atoms with Gasteiger partial charge in [-0.05, 0) is 57.7 Å². The van der Waals surface area contributed by atoms with Crippen LogP contribution in [0.2, 0.25) is 0 Å². The molecular weight excluding hydrogens is 453 g/mol. The molecule has 0 spiro atoms. The molecule has 0 amide bonds. The number of ether oxygens (including phenoxy) is 1. The Bertz CT molecular complexity index is 561. The molecule has 1 saturated heterocycles. The molecule has 27 heavy (non-hydrogen) atoms. The lowest BCUT2D eigenvalue weighted by Gasteiger charge is -2.28. The number of benzene rings is 1. The highest BCUT2D eigenvalue weighted by Crippen LogP contribution is 2.22. The van der Waals surface area contributed by atoms with Gasteiger partial charge in [-0.1, -0.05) is 18.6 Å². The topological polar surface area (TPSA) is 52.1 Å². The number of nitrogens with one attached hydrogen (secondary N) is 2. The summed E-state index contributed by atoms with van der Waals surface area (Å²) in [5.41, 5.74) is 1.23. The number of likely N-dealkylation sites (tertiary alicyclic amines) is 1. The Morgan fingerprint density at radius 3 is 2.59 bits per heavy atom. The lowest BCUT2D eigenvalue weighted by atomic mass is 10.1. The van der Waals surface area contributed by atoms with Gasteiger partial charge in [0.1, 0.15) is 5.75 Å². The van der Waals surface area contributed by atoms with Gasteiger partial charge in [0.05, 0.1) is 13.2 Å². The molecule has 1 aliphatic heterocycles. The first-order valence-corrected chi connectivity index (χ1v) is 9.61. The van der Waals surface area contributed by atoms with Gasteiger partial charge >= 0.3 is 0 Å².